The van der Waals surface area contributed by atoms with E-state index in [-0.39, 0.29) is 29.8 Å². The highest BCUT2D eigenvalue weighted by Gasteiger charge is 2.44. The molecule has 4 saturated heterocycles. The third-order valence-electron chi connectivity index (χ3n) is 6.33. The third-order valence-corrected chi connectivity index (χ3v) is 6.33. The van der Waals surface area contributed by atoms with Gasteiger partial charge in [-0.25, -0.2) is 0 Å². The van der Waals surface area contributed by atoms with Crippen LogP contribution < -0.4 is 5.32 Å². The molecule has 0 spiro atoms. The van der Waals surface area contributed by atoms with Crippen LogP contribution in [0.15, 0.2) is 24.3 Å². The number of aryl methyl sites for hydroxylation is 1. The first-order valence-electron chi connectivity index (χ1n) is 9.38. The van der Waals surface area contributed by atoms with Crippen LogP contribution in [0.1, 0.15) is 36.4 Å². The van der Waals surface area contributed by atoms with E-state index in [0.717, 1.165) is 25.2 Å². The van der Waals surface area contributed by atoms with E-state index in [9.17, 15) is 9.59 Å². The number of hydrogen-bond acceptors (Lipinski definition) is 3. The van der Waals surface area contributed by atoms with Crippen LogP contribution in [0.2, 0.25) is 0 Å². The van der Waals surface area contributed by atoms with Crippen LogP contribution in [0.4, 0.5) is 0 Å². The van der Waals surface area contributed by atoms with E-state index in [2.05, 4.69) is 10.2 Å². The van der Waals surface area contributed by atoms with Gasteiger partial charge in [0.25, 0.3) is 0 Å². The summed E-state index contributed by atoms with van der Waals surface area (Å²) in [6.45, 7) is 5.33. The first kappa shape index (κ1) is 16.6. The van der Waals surface area contributed by atoms with Crippen molar-refractivity contribution in [2.24, 2.45) is 11.8 Å². The summed E-state index contributed by atoms with van der Waals surface area (Å²) in [6.07, 6.45) is 2.66. The van der Waals surface area contributed by atoms with Gasteiger partial charge in [-0.05, 0) is 44.3 Å². The molecule has 5 rings (SSSR count). The van der Waals surface area contributed by atoms with Crippen LogP contribution in [0.3, 0.4) is 0 Å². The molecular weight excluding hydrogens is 314 g/mol. The van der Waals surface area contributed by atoms with E-state index in [4.69, 9.17) is 0 Å². The molecule has 0 aliphatic carbocycles. The summed E-state index contributed by atoms with van der Waals surface area (Å²) < 4.78 is 0. The lowest BCUT2D eigenvalue weighted by molar-refractivity contribution is -0.129. The van der Waals surface area contributed by atoms with Gasteiger partial charge in [0.1, 0.15) is 0 Å². The Morgan fingerprint density at radius 1 is 1.16 bits per heavy atom. The number of nitrogens with one attached hydrogen (secondary N) is 1. The smallest absolute Gasteiger partial charge is 0.226 e. The van der Waals surface area contributed by atoms with Crippen molar-refractivity contribution >= 4 is 11.8 Å². The van der Waals surface area contributed by atoms with Crippen molar-refractivity contribution in [3.63, 3.8) is 0 Å². The molecule has 3 atom stereocenters. The van der Waals surface area contributed by atoms with E-state index in [1.807, 2.05) is 38.2 Å². The van der Waals surface area contributed by atoms with E-state index in [0.29, 0.717) is 12.3 Å². The SMILES string of the molecule is Cc1ccc(C2C(C(=O)NC3CN4CCC3CC4)CC(=O)N2C)cc1. The maximum Gasteiger partial charge on any atom is 0.226 e. The Bertz CT molecular complexity index is 664. The summed E-state index contributed by atoms with van der Waals surface area (Å²) in [6, 6.07) is 8.28. The second kappa shape index (κ2) is 6.45. The summed E-state index contributed by atoms with van der Waals surface area (Å²) in [5.74, 6) is 0.402. The predicted octanol–water partition coefficient (Wildman–Crippen LogP) is 1.72. The minimum Gasteiger partial charge on any atom is -0.351 e. The molecule has 1 aromatic rings. The number of carbonyl (C=O) groups excluding carboxylic acids is 2. The number of fused-ring (bicyclic) bond motifs is 3. The van der Waals surface area contributed by atoms with Crippen molar-refractivity contribution < 1.29 is 9.59 Å². The molecule has 5 nitrogen and oxygen atoms in total. The van der Waals surface area contributed by atoms with Gasteiger partial charge in [0, 0.05) is 26.1 Å². The van der Waals surface area contributed by atoms with E-state index >= 15 is 0 Å². The molecule has 0 aromatic heterocycles. The van der Waals surface area contributed by atoms with Gasteiger partial charge in [-0.2, -0.15) is 0 Å². The fourth-order valence-corrected chi connectivity index (χ4v) is 4.74. The van der Waals surface area contributed by atoms with Crippen molar-refractivity contribution in [3.8, 4) is 0 Å². The van der Waals surface area contributed by atoms with Gasteiger partial charge in [0.2, 0.25) is 11.8 Å². The number of hydrogen-bond donors (Lipinski definition) is 1. The highest BCUT2D eigenvalue weighted by atomic mass is 16.2. The Labute approximate surface area is 149 Å². The van der Waals surface area contributed by atoms with Crippen LogP contribution in [0, 0.1) is 18.8 Å². The first-order valence-corrected chi connectivity index (χ1v) is 9.38. The van der Waals surface area contributed by atoms with Crippen LogP contribution in [-0.2, 0) is 9.59 Å². The largest absolute Gasteiger partial charge is 0.351 e. The fraction of sp³-hybridized carbons (Fsp3) is 0.600. The zero-order valence-electron chi connectivity index (χ0n) is 15.1. The topological polar surface area (TPSA) is 52.7 Å². The van der Waals surface area contributed by atoms with E-state index < -0.39 is 0 Å². The molecular formula is C20H27N3O2. The third kappa shape index (κ3) is 3.06. The highest BCUT2D eigenvalue weighted by molar-refractivity contribution is 5.90. The molecule has 0 radical (unpaired) electrons. The molecule has 4 aliphatic rings. The maximum absolute atomic E-state index is 13.0. The second-order valence-electron chi connectivity index (χ2n) is 7.92. The molecule has 134 valence electrons. The number of rotatable bonds is 3. The lowest BCUT2D eigenvalue weighted by Gasteiger charge is -2.45. The summed E-state index contributed by atoms with van der Waals surface area (Å²) in [5, 5.41) is 3.28. The van der Waals surface area contributed by atoms with Gasteiger partial charge in [-0.15, -0.1) is 0 Å². The average Bonchev–Trinajstić information content (AvgIpc) is 2.92. The molecule has 1 aromatic carbocycles. The molecule has 2 bridgehead atoms. The molecule has 3 unspecified atom stereocenters. The summed E-state index contributed by atoms with van der Waals surface area (Å²) in [4.78, 5) is 29.5. The van der Waals surface area contributed by atoms with Gasteiger partial charge in [-0.1, -0.05) is 29.8 Å². The summed E-state index contributed by atoms with van der Waals surface area (Å²) in [7, 11) is 1.81. The number of piperidine rings is 3. The molecule has 4 fully saturated rings. The second-order valence-corrected chi connectivity index (χ2v) is 7.92. The van der Waals surface area contributed by atoms with Crippen LogP contribution in [0.25, 0.3) is 0 Å². The van der Waals surface area contributed by atoms with Gasteiger partial charge >= 0.3 is 0 Å². The molecule has 0 saturated carbocycles. The van der Waals surface area contributed by atoms with Crippen molar-refractivity contribution in [3.05, 3.63) is 35.4 Å². The fourth-order valence-electron chi connectivity index (χ4n) is 4.74. The Morgan fingerprint density at radius 3 is 2.44 bits per heavy atom. The van der Waals surface area contributed by atoms with Gasteiger partial charge in [0.05, 0.1) is 12.0 Å². The van der Waals surface area contributed by atoms with E-state index in [1.165, 1.54) is 18.4 Å². The highest BCUT2D eigenvalue weighted by Crippen LogP contribution is 2.38. The van der Waals surface area contributed by atoms with Crippen molar-refractivity contribution in [1.82, 2.24) is 15.1 Å². The molecule has 2 amide bonds. The number of likely N-dealkylation sites (tertiary alicyclic amines) is 1. The maximum atomic E-state index is 13.0. The Morgan fingerprint density at radius 2 is 1.84 bits per heavy atom. The van der Waals surface area contributed by atoms with Crippen LogP contribution in [-0.4, -0.2) is 54.3 Å². The Balaban J connectivity index is 1.51. The summed E-state index contributed by atoms with van der Waals surface area (Å²) >= 11 is 0. The molecule has 25 heavy (non-hydrogen) atoms. The summed E-state index contributed by atoms with van der Waals surface area (Å²) in [5.41, 5.74) is 2.23. The number of benzene rings is 1. The lowest BCUT2D eigenvalue weighted by Crippen LogP contribution is -2.58. The van der Waals surface area contributed by atoms with Crippen LogP contribution >= 0.6 is 0 Å². The molecule has 4 aliphatic heterocycles. The van der Waals surface area contributed by atoms with Crippen molar-refractivity contribution in [2.75, 3.05) is 26.7 Å². The number of nitrogens with zero attached hydrogens (tertiary/aromatic N) is 2. The van der Waals surface area contributed by atoms with Crippen molar-refractivity contribution in [2.45, 2.75) is 38.3 Å². The Hall–Kier alpha value is -1.88. The van der Waals surface area contributed by atoms with Crippen LogP contribution in [0.5, 0.6) is 0 Å². The molecule has 5 heteroatoms. The first-order chi connectivity index (χ1) is 12.0. The standard InChI is InChI=1S/C20H27N3O2/c1-13-3-5-15(6-4-13)19-16(11-18(24)22(19)2)20(25)21-17-12-23-9-7-14(17)8-10-23/h3-6,14,16-17,19H,7-12H2,1-2H3,(H,21,25). The van der Waals surface area contributed by atoms with Gasteiger partial charge in [-0.3, -0.25) is 9.59 Å². The minimum atomic E-state index is -0.296. The Kier molecular flexibility index (Phi) is 4.28. The number of carbonyl (C=O) groups is 2. The zero-order chi connectivity index (χ0) is 17.6. The average molecular weight is 341 g/mol. The lowest BCUT2D eigenvalue weighted by atomic mass is 9.83. The van der Waals surface area contributed by atoms with Gasteiger partial charge in [0.15, 0.2) is 0 Å². The molecule has 1 N–H and O–H groups in total. The monoisotopic (exact) mass is 341 g/mol. The molecule has 4 heterocycles. The normalized spacial score (nSPS) is 34.4. The predicted molar refractivity (Wildman–Crippen MR) is 95.9 cm³/mol. The van der Waals surface area contributed by atoms with Crippen molar-refractivity contribution in [1.29, 1.82) is 0 Å². The van der Waals surface area contributed by atoms with E-state index in [1.54, 1.807) is 4.90 Å². The zero-order valence-corrected chi connectivity index (χ0v) is 15.1. The quantitative estimate of drug-likeness (QED) is 0.911. The minimum absolute atomic E-state index is 0.0435. The number of amides is 2. The van der Waals surface area contributed by atoms with Gasteiger partial charge < -0.3 is 15.1 Å².